The average molecular weight is 363 g/mol. The molecule has 2 aliphatic rings. The minimum atomic E-state index is -0.386. The van der Waals surface area contributed by atoms with Crippen molar-refractivity contribution in [3.63, 3.8) is 0 Å². The summed E-state index contributed by atoms with van der Waals surface area (Å²) in [5.74, 6) is 1.32. The van der Waals surface area contributed by atoms with Gasteiger partial charge in [0.1, 0.15) is 11.4 Å². The van der Waals surface area contributed by atoms with Gasteiger partial charge in [-0.05, 0) is 48.1 Å². The van der Waals surface area contributed by atoms with E-state index in [9.17, 15) is 0 Å². The zero-order chi connectivity index (χ0) is 19.0. The molecule has 0 fully saturated rings. The third kappa shape index (κ3) is 1.90. The highest BCUT2D eigenvalue weighted by Crippen LogP contribution is 2.55. The van der Waals surface area contributed by atoms with Crippen LogP contribution in [-0.4, -0.2) is 4.98 Å². The normalized spacial score (nSPS) is 18.0. The largest absolute Gasteiger partial charge is 0.482 e. The first-order valence-corrected chi connectivity index (χ1v) is 9.90. The Balaban J connectivity index is 1.75. The molecule has 0 radical (unpaired) electrons. The molecule has 0 saturated carbocycles. The van der Waals surface area contributed by atoms with Crippen LogP contribution in [0, 0.1) is 0 Å². The molecule has 4 aromatic rings. The van der Waals surface area contributed by atoms with Crippen LogP contribution in [0.3, 0.4) is 0 Å². The third-order valence-electron chi connectivity index (χ3n) is 6.39. The average Bonchev–Trinajstić information content (AvgIpc) is 3.00. The van der Waals surface area contributed by atoms with Crippen molar-refractivity contribution in [1.82, 2.24) is 4.98 Å². The maximum absolute atomic E-state index is 6.62. The third-order valence-corrected chi connectivity index (χ3v) is 6.39. The molecule has 0 N–H and O–H groups in total. The van der Waals surface area contributed by atoms with Gasteiger partial charge in [0.15, 0.2) is 0 Å². The second-order valence-corrected chi connectivity index (χ2v) is 8.39. The molecule has 136 valence electrons. The van der Waals surface area contributed by atoms with Crippen molar-refractivity contribution in [2.24, 2.45) is 0 Å². The lowest BCUT2D eigenvalue weighted by molar-refractivity contribution is 0.108. The fourth-order valence-electron chi connectivity index (χ4n) is 5.08. The molecule has 0 saturated heterocycles. The van der Waals surface area contributed by atoms with Gasteiger partial charge in [0.2, 0.25) is 0 Å². The molecule has 6 rings (SSSR count). The van der Waals surface area contributed by atoms with Gasteiger partial charge in [-0.15, -0.1) is 0 Å². The van der Waals surface area contributed by atoms with Gasteiger partial charge in [-0.1, -0.05) is 55.5 Å². The summed E-state index contributed by atoms with van der Waals surface area (Å²) in [5.41, 5.74) is 8.50. The maximum atomic E-state index is 6.62. The molecule has 1 aromatic heterocycles. The number of fused-ring (bicyclic) bond motifs is 9. The van der Waals surface area contributed by atoms with Crippen molar-refractivity contribution in [2.45, 2.75) is 32.3 Å². The number of rotatable bonds is 0. The minimum absolute atomic E-state index is 0.321. The molecule has 3 aromatic carbocycles. The Hall–Kier alpha value is -3.13. The molecule has 1 atom stereocenters. The summed E-state index contributed by atoms with van der Waals surface area (Å²) in [5, 5.41) is 2.39. The van der Waals surface area contributed by atoms with E-state index in [4.69, 9.17) is 9.72 Å². The summed E-state index contributed by atoms with van der Waals surface area (Å²) >= 11 is 0. The van der Waals surface area contributed by atoms with E-state index >= 15 is 0 Å². The number of pyridine rings is 1. The zero-order valence-electron chi connectivity index (χ0n) is 16.3. The number of ether oxygens (including phenoxy) is 1. The summed E-state index contributed by atoms with van der Waals surface area (Å²) in [6, 6.07) is 21.7. The minimum Gasteiger partial charge on any atom is -0.482 e. The first kappa shape index (κ1) is 15.9. The van der Waals surface area contributed by atoms with Crippen LogP contribution in [0.5, 0.6) is 5.75 Å². The smallest absolute Gasteiger partial charge is 0.136 e. The van der Waals surface area contributed by atoms with E-state index in [1.807, 2.05) is 12.3 Å². The first-order valence-electron chi connectivity index (χ1n) is 9.90. The van der Waals surface area contributed by atoms with E-state index < -0.39 is 0 Å². The number of aromatic nitrogens is 1. The van der Waals surface area contributed by atoms with Crippen molar-refractivity contribution in [2.75, 3.05) is 0 Å². The Morgan fingerprint density at radius 2 is 1.71 bits per heavy atom. The van der Waals surface area contributed by atoms with Crippen molar-refractivity contribution in [3.05, 3.63) is 83.6 Å². The van der Waals surface area contributed by atoms with Crippen LogP contribution < -0.4 is 4.74 Å². The highest BCUT2D eigenvalue weighted by atomic mass is 16.5. The van der Waals surface area contributed by atoms with Gasteiger partial charge < -0.3 is 4.74 Å². The molecule has 2 heterocycles. The van der Waals surface area contributed by atoms with Gasteiger partial charge in [0.05, 0.1) is 5.69 Å². The van der Waals surface area contributed by atoms with Crippen LogP contribution in [0.2, 0.25) is 0 Å². The Morgan fingerprint density at radius 3 is 2.61 bits per heavy atom. The molecular weight excluding hydrogens is 342 g/mol. The van der Waals surface area contributed by atoms with Gasteiger partial charge in [-0.25, -0.2) is 0 Å². The second kappa shape index (κ2) is 5.23. The van der Waals surface area contributed by atoms with Gasteiger partial charge in [0, 0.05) is 34.2 Å². The molecule has 0 bridgehead atoms. The summed E-state index contributed by atoms with van der Waals surface area (Å²) in [7, 11) is 0. The van der Waals surface area contributed by atoms with E-state index in [1.165, 1.54) is 44.2 Å². The summed E-state index contributed by atoms with van der Waals surface area (Å²) in [4.78, 5) is 4.71. The molecule has 28 heavy (non-hydrogen) atoms. The maximum Gasteiger partial charge on any atom is 0.136 e. The molecule has 1 unspecified atom stereocenters. The first-order chi connectivity index (χ1) is 13.6. The van der Waals surface area contributed by atoms with Gasteiger partial charge in [-0.3, -0.25) is 4.98 Å². The topological polar surface area (TPSA) is 22.1 Å². The molecule has 0 spiro atoms. The lowest BCUT2D eigenvalue weighted by atomic mass is 9.79. The molecule has 1 aliphatic carbocycles. The number of benzene rings is 3. The molecule has 2 heteroatoms. The number of hydrogen-bond acceptors (Lipinski definition) is 2. The molecule has 1 aliphatic heterocycles. The van der Waals surface area contributed by atoms with E-state index in [2.05, 4.69) is 75.4 Å². The van der Waals surface area contributed by atoms with E-state index in [-0.39, 0.29) is 5.60 Å². The summed E-state index contributed by atoms with van der Waals surface area (Å²) < 4.78 is 6.62. The van der Waals surface area contributed by atoms with Gasteiger partial charge in [0.25, 0.3) is 0 Å². The number of hydrogen-bond donors (Lipinski definition) is 0. The van der Waals surface area contributed by atoms with E-state index in [1.54, 1.807) is 0 Å². The number of nitrogens with zero attached hydrogens (tertiary/aromatic N) is 1. The van der Waals surface area contributed by atoms with Crippen LogP contribution in [0.25, 0.3) is 33.2 Å². The highest BCUT2D eigenvalue weighted by Gasteiger charge is 2.39. The van der Waals surface area contributed by atoms with E-state index in [0.717, 1.165) is 11.4 Å². The quantitative estimate of drug-likeness (QED) is 0.348. The Labute approximate surface area is 164 Å². The predicted octanol–water partition coefficient (Wildman–Crippen LogP) is 6.66. The van der Waals surface area contributed by atoms with Crippen LogP contribution in [0.1, 0.15) is 43.4 Å². The Kier molecular flexibility index (Phi) is 2.97. The van der Waals surface area contributed by atoms with Crippen LogP contribution in [0.15, 0.2) is 66.9 Å². The van der Waals surface area contributed by atoms with Crippen LogP contribution in [-0.2, 0) is 5.60 Å². The predicted molar refractivity (Wildman–Crippen MR) is 114 cm³/mol. The van der Waals surface area contributed by atoms with Crippen molar-refractivity contribution < 1.29 is 4.74 Å². The fraction of sp³-hybridized carbons (Fsp3) is 0.192. The van der Waals surface area contributed by atoms with Crippen molar-refractivity contribution in [1.29, 1.82) is 0 Å². The lowest BCUT2D eigenvalue weighted by Crippen LogP contribution is -2.30. The van der Waals surface area contributed by atoms with Crippen molar-refractivity contribution in [3.8, 4) is 28.1 Å². The monoisotopic (exact) mass is 363 g/mol. The standard InChI is InChI=1S/C26H21NO/c1-15-17-9-6-14-27-24(17)19-12-13-21-23(22(15)19)20-11-10-16-7-4-5-8-18(16)25(20)28-26(21,2)3/h4-15H,1-3H3. The van der Waals surface area contributed by atoms with Crippen LogP contribution >= 0.6 is 0 Å². The molecular formula is C26H21NO. The lowest BCUT2D eigenvalue weighted by Gasteiger charge is -2.37. The van der Waals surface area contributed by atoms with Crippen molar-refractivity contribution >= 4 is 10.8 Å². The fourth-order valence-corrected chi connectivity index (χ4v) is 5.08. The second-order valence-electron chi connectivity index (χ2n) is 8.39. The van der Waals surface area contributed by atoms with Crippen LogP contribution in [0.4, 0.5) is 0 Å². The van der Waals surface area contributed by atoms with Gasteiger partial charge in [-0.2, -0.15) is 0 Å². The molecule has 2 nitrogen and oxygen atoms in total. The summed E-state index contributed by atoms with van der Waals surface area (Å²) in [6.07, 6.45) is 1.90. The Bertz CT molecular complexity index is 1290. The summed E-state index contributed by atoms with van der Waals surface area (Å²) in [6.45, 7) is 6.65. The van der Waals surface area contributed by atoms with Gasteiger partial charge >= 0.3 is 0 Å². The molecule has 0 amide bonds. The zero-order valence-corrected chi connectivity index (χ0v) is 16.3. The Morgan fingerprint density at radius 1 is 0.893 bits per heavy atom. The highest BCUT2D eigenvalue weighted by molar-refractivity contribution is 5.99. The van der Waals surface area contributed by atoms with E-state index in [0.29, 0.717) is 5.92 Å². The SMILES string of the molecule is CC1c2cccnc2-c2ccc3c(c21)-c1ccc2ccccc2c1OC3(C)C.